The van der Waals surface area contributed by atoms with Gasteiger partial charge in [-0.15, -0.1) is 0 Å². The highest BCUT2D eigenvalue weighted by Crippen LogP contribution is 2.35. The summed E-state index contributed by atoms with van der Waals surface area (Å²) in [6.07, 6.45) is 5.91. The number of benzene rings is 1. The Hall–Kier alpha value is -2.53. The van der Waals surface area contributed by atoms with Gasteiger partial charge in [-0.25, -0.2) is 4.98 Å². The minimum absolute atomic E-state index is 0.527. The highest BCUT2D eigenvalue weighted by molar-refractivity contribution is 5.82. The Morgan fingerprint density at radius 2 is 2.00 bits per heavy atom. The minimum atomic E-state index is 0.527. The monoisotopic (exact) mass is 338 g/mol. The quantitative estimate of drug-likeness (QED) is 0.656. The molecule has 1 aliphatic heterocycles. The summed E-state index contributed by atoms with van der Waals surface area (Å²) in [6, 6.07) is 9.83. The van der Waals surface area contributed by atoms with Crippen LogP contribution in [0.2, 0.25) is 0 Å². The molecule has 1 aliphatic rings. The van der Waals surface area contributed by atoms with Crippen LogP contribution in [0.4, 0.5) is 0 Å². The summed E-state index contributed by atoms with van der Waals surface area (Å²) in [5.41, 5.74) is 2.00. The summed E-state index contributed by atoms with van der Waals surface area (Å²) in [5.74, 6) is 1.95. The van der Waals surface area contributed by atoms with Gasteiger partial charge in [0.25, 0.3) is 0 Å². The zero-order valence-corrected chi connectivity index (χ0v) is 14.4. The first-order valence-corrected chi connectivity index (χ1v) is 8.81. The van der Waals surface area contributed by atoms with E-state index < -0.39 is 0 Å². The highest BCUT2D eigenvalue weighted by Gasteiger charge is 2.15. The summed E-state index contributed by atoms with van der Waals surface area (Å²) in [7, 11) is 0. The van der Waals surface area contributed by atoms with Gasteiger partial charge in [0.15, 0.2) is 11.5 Å². The second kappa shape index (κ2) is 7.15. The minimum Gasteiger partial charge on any atom is -0.490 e. The lowest BCUT2D eigenvalue weighted by Crippen LogP contribution is -2.18. The van der Waals surface area contributed by atoms with Crippen LogP contribution >= 0.6 is 0 Å². The normalized spacial score (nSPS) is 14.9. The summed E-state index contributed by atoms with van der Waals surface area (Å²) >= 11 is 0. The maximum Gasteiger partial charge on any atom is 0.230 e. The molecule has 4 rings (SSSR count). The molecule has 0 atom stereocenters. The van der Waals surface area contributed by atoms with E-state index in [0.29, 0.717) is 18.2 Å². The zero-order chi connectivity index (χ0) is 17.1. The van der Waals surface area contributed by atoms with E-state index in [1.807, 2.05) is 25.1 Å². The third-order valence-corrected chi connectivity index (χ3v) is 4.46. The number of aromatic nitrogens is 1. The Bertz CT molecular complexity index is 853. The molecule has 0 amide bonds. The van der Waals surface area contributed by atoms with E-state index in [1.54, 1.807) is 12.5 Å². The van der Waals surface area contributed by atoms with E-state index in [9.17, 15) is 0 Å². The molecule has 5 nitrogen and oxygen atoms in total. The van der Waals surface area contributed by atoms with E-state index in [-0.39, 0.29) is 0 Å². The Balaban J connectivity index is 1.60. The van der Waals surface area contributed by atoms with Crippen LogP contribution < -0.4 is 9.47 Å². The average Bonchev–Trinajstić information content (AvgIpc) is 3.29. The van der Waals surface area contributed by atoms with Gasteiger partial charge < -0.3 is 13.9 Å². The van der Waals surface area contributed by atoms with Crippen LogP contribution in [0.15, 0.2) is 47.2 Å². The molecular weight excluding hydrogens is 316 g/mol. The highest BCUT2D eigenvalue weighted by atomic mass is 16.5. The number of hydrogen-bond donors (Lipinski definition) is 0. The average molecular weight is 338 g/mol. The van der Waals surface area contributed by atoms with Crippen LogP contribution in [0.3, 0.4) is 0 Å². The molecule has 0 N–H and O–H groups in total. The van der Waals surface area contributed by atoms with E-state index in [2.05, 4.69) is 22.0 Å². The number of hydrogen-bond acceptors (Lipinski definition) is 5. The van der Waals surface area contributed by atoms with Crippen molar-refractivity contribution >= 4 is 11.0 Å². The van der Waals surface area contributed by atoms with Gasteiger partial charge in [0.1, 0.15) is 5.58 Å². The summed E-state index contributed by atoms with van der Waals surface area (Å²) in [4.78, 5) is 6.81. The molecule has 5 heteroatoms. The van der Waals surface area contributed by atoms with Crippen molar-refractivity contribution in [3.8, 4) is 17.4 Å². The molecule has 0 bridgehead atoms. The molecule has 1 fully saturated rings. The van der Waals surface area contributed by atoms with Crippen molar-refractivity contribution in [1.29, 1.82) is 0 Å². The van der Waals surface area contributed by atoms with Gasteiger partial charge in [-0.05, 0) is 62.7 Å². The SMILES string of the molecule is CCOc1cc(CN2CCCC2)ccc1Oc1nccc2occc12. The van der Waals surface area contributed by atoms with Gasteiger partial charge in [-0.1, -0.05) is 6.07 Å². The largest absolute Gasteiger partial charge is 0.490 e. The number of likely N-dealkylation sites (tertiary alicyclic amines) is 1. The molecule has 0 spiro atoms. The Morgan fingerprint density at radius 3 is 2.84 bits per heavy atom. The number of furan rings is 1. The predicted octanol–water partition coefficient (Wildman–Crippen LogP) is 4.61. The van der Waals surface area contributed by atoms with E-state index in [0.717, 1.165) is 23.3 Å². The fourth-order valence-corrected chi connectivity index (χ4v) is 3.26. The summed E-state index contributed by atoms with van der Waals surface area (Å²) in [5, 5.41) is 0.853. The van der Waals surface area contributed by atoms with Crippen molar-refractivity contribution in [2.24, 2.45) is 0 Å². The first kappa shape index (κ1) is 16.0. The molecule has 0 radical (unpaired) electrons. The number of rotatable bonds is 6. The van der Waals surface area contributed by atoms with Crippen molar-refractivity contribution in [1.82, 2.24) is 9.88 Å². The smallest absolute Gasteiger partial charge is 0.230 e. The molecule has 2 aromatic heterocycles. The van der Waals surface area contributed by atoms with Crippen molar-refractivity contribution in [2.75, 3.05) is 19.7 Å². The van der Waals surface area contributed by atoms with E-state index in [4.69, 9.17) is 13.9 Å². The third-order valence-electron chi connectivity index (χ3n) is 4.46. The number of fused-ring (bicyclic) bond motifs is 1. The van der Waals surface area contributed by atoms with Crippen LogP contribution in [0.5, 0.6) is 17.4 Å². The lowest BCUT2D eigenvalue weighted by atomic mass is 10.2. The Morgan fingerprint density at radius 1 is 1.12 bits per heavy atom. The fraction of sp³-hybridized carbons (Fsp3) is 0.350. The third kappa shape index (κ3) is 3.46. The predicted molar refractivity (Wildman–Crippen MR) is 96.2 cm³/mol. The molecule has 25 heavy (non-hydrogen) atoms. The molecule has 1 aromatic carbocycles. The molecule has 0 saturated carbocycles. The molecule has 3 heterocycles. The lowest BCUT2D eigenvalue weighted by Gasteiger charge is -2.17. The van der Waals surface area contributed by atoms with Crippen LogP contribution in [-0.2, 0) is 6.54 Å². The fourth-order valence-electron chi connectivity index (χ4n) is 3.26. The molecule has 0 unspecified atom stereocenters. The van der Waals surface area contributed by atoms with Gasteiger partial charge in [-0.2, -0.15) is 0 Å². The number of pyridine rings is 1. The lowest BCUT2D eigenvalue weighted by molar-refractivity contribution is 0.314. The number of nitrogens with zero attached hydrogens (tertiary/aromatic N) is 2. The van der Waals surface area contributed by atoms with Gasteiger partial charge in [0.2, 0.25) is 5.88 Å². The van der Waals surface area contributed by atoms with Crippen LogP contribution in [0, 0.1) is 0 Å². The summed E-state index contributed by atoms with van der Waals surface area (Å²) in [6.45, 7) is 5.87. The summed E-state index contributed by atoms with van der Waals surface area (Å²) < 4.78 is 17.3. The van der Waals surface area contributed by atoms with Crippen molar-refractivity contribution in [3.05, 3.63) is 48.4 Å². The topological polar surface area (TPSA) is 47.7 Å². The van der Waals surface area contributed by atoms with Crippen molar-refractivity contribution in [3.63, 3.8) is 0 Å². The maximum atomic E-state index is 6.05. The Labute approximate surface area is 147 Å². The molecular formula is C20H22N2O3. The molecule has 0 aliphatic carbocycles. The number of ether oxygens (including phenoxy) is 2. The first-order valence-electron chi connectivity index (χ1n) is 8.81. The Kier molecular flexibility index (Phi) is 4.57. The van der Waals surface area contributed by atoms with Crippen LogP contribution in [-0.4, -0.2) is 29.6 Å². The van der Waals surface area contributed by atoms with Gasteiger partial charge in [-0.3, -0.25) is 4.90 Å². The van der Waals surface area contributed by atoms with Crippen molar-refractivity contribution < 1.29 is 13.9 Å². The standard InChI is InChI=1S/C20H22N2O3/c1-2-23-19-13-15(14-22-10-3-4-11-22)5-6-18(19)25-20-16-8-12-24-17(16)7-9-21-20/h5-9,12-13H,2-4,10-11,14H2,1H3. The first-order chi connectivity index (χ1) is 12.3. The van der Waals surface area contributed by atoms with Gasteiger partial charge in [0, 0.05) is 12.7 Å². The molecule has 1 saturated heterocycles. The van der Waals surface area contributed by atoms with Crippen LogP contribution in [0.1, 0.15) is 25.3 Å². The van der Waals surface area contributed by atoms with Gasteiger partial charge >= 0.3 is 0 Å². The van der Waals surface area contributed by atoms with Gasteiger partial charge in [0.05, 0.1) is 18.3 Å². The second-order valence-corrected chi connectivity index (χ2v) is 6.25. The molecule has 130 valence electrons. The zero-order valence-electron chi connectivity index (χ0n) is 14.4. The second-order valence-electron chi connectivity index (χ2n) is 6.25. The molecule has 3 aromatic rings. The maximum absolute atomic E-state index is 6.05. The van der Waals surface area contributed by atoms with E-state index in [1.165, 1.54) is 31.5 Å². The van der Waals surface area contributed by atoms with Crippen molar-refractivity contribution in [2.45, 2.75) is 26.3 Å². The van der Waals surface area contributed by atoms with E-state index >= 15 is 0 Å². The van der Waals surface area contributed by atoms with Crippen LogP contribution in [0.25, 0.3) is 11.0 Å².